The van der Waals surface area contributed by atoms with Crippen molar-refractivity contribution in [3.8, 4) is 6.07 Å². The standard InChI is InChI=1S/C17H16N6O4S/c1-8-10(6-18)12-13(20-8)14(24)23(16(27)21-12)9-2-4-22(5-3-9)17-19-7-11(28-17)15(25)26/h7,9,20H,2-5H2,1H3,(H,21,27)(H,25,26). The number of carboxylic acid groups (broad SMARTS) is 1. The number of fused-ring (bicyclic) bond motifs is 1. The SMILES string of the molecule is Cc1[nH]c2c(=O)n(C3CCN(c4ncc(C(=O)O)s4)CC3)c(=O)[nH]c2c1C#N. The number of hydrogen-bond acceptors (Lipinski definition) is 7. The summed E-state index contributed by atoms with van der Waals surface area (Å²) in [4.78, 5) is 48.3. The van der Waals surface area contributed by atoms with E-state index < -0.39 is 17.2 Å². The molecule has 3 aromatic rings. The molecule has 0 saturated carbocycles. The van der Waals surface area contributed by atoms with E-state index in [1.54, 1.807) is 6.92 Å². The van der Waals surface area contributed by atoms with E-state index in [2.05, 4.69) is 15.0 Å². The minimum atomic E-state index is -1.01. The lowest BCUT2D eigenvalue weighted by atomic mass is 10.1. The number of piperidine rings is 1. The molecule has 0 spiro atoms. The van der Waals surface area contributed by atoms with Gasteiger partial charge in [-0.05, 0) is 19.8 Å². The Morgan fingerprint density at radius 1 is 1.32 bits per heavy atom. The Bertz CT molecular complexity index is 1240. The van der Waals surface area contributed by atoms with Gasteiger partial charge in [0.25, 0.3) is 5.56 Å². The molecule has 0 aromatic carbocycles. The first-order valence-electron chi connectivity index (χ1n) is 8.62. The van der Waals surface area contributed by atoms with Crippen LogP contribution in [0.3, 0.4) is 0 Å². The fraction of sp³-hybridized carbons (Fsp3) is 0.353. The second-order valence-electron chi connectivity index (χ2n) is 6.62. The summed E-state index contributed by atoms with van der Waals surface area (Å²) in [7, 11) is 0. The number of H-pyrrole nitrogens is 2. The maximum atomic E-state index is 12.9. The molecule has 3 N–H and O–H groups in total. The maximum absolute atomic E-state index is 12.9. The number of carbonyl (C=O) groups is 1. The van der Waals surface area contributed by atoms with Crippen molar-refractivity contribution in [2.75, 3.05) is 18.0 Å². The summed E-state index contributed by atoms with van der Waals surface area (Å²) in [5, 5.41) is 18.9. The van der Waals surface area contributed by atoms with E-state index in [1.807, 2.05) is 11.0 Å². The number of nitrogens with zero attached hydrogens (tertiary/aromatic N) is 4. The second kappa shape index (κ2) is 6.65. The number of nitriles is 1. The van der Waals surface area contributed by atoms with Gasteiger partial charge in [0.2, 0.25) is 0 Å². The molecule has 1 saturated heterocycles. The number of carboxylic acids is 1. The maximum Gasteiger partial charge on any atom is 0.347 e. The summed E-state index contributed by atoms with van der Waals surface area (Å²) in [6.45, 7) is 2.78. The molecular weight excluding hydrogens is 384 g/mol. The van der Waals surface area contributed by atoms with Gasteiger partial charge >= 0.3 is 11.7 Å². The summed E-state index contributed by atoms with van der Waals surface area (Å²) in [5.74, 6) is -1.01. The van der Waals surface area contributed by atoms with Crippen LogP contribution in [-0.4, -0.2) is 43.7 Å². The van der Waals surface area contributed by atoms with Gasteiger partial charge in [0, 0.05) is 24.8 Å². The Kier molecular flexibility index (Phi) is 4.27. The molecule has 28 heavy (non-hydrogen) atoms. The smallest absolute Gasteiger partial charge is 0.347 e. The molecule has 3 aromatic heterocycles. The largest absolute Gasteiger partial charge is 0.477 e. The fourth-order valence-electron chi connectivity index (χ4n) is 3.59. The van der Waals surface area contributed by atoms with E-state index in [0.29, 0.717) is 36.8 Å². The average Bonchev–Trinajstić information content (AvgIpc) is 3.27. The fourth-order valence-corrected chi connectivity index (χ4v) is 4.39. The summed E-state index contributed by atoms with van der Waals surface area (Å²) in [6, 6.07) is 1.71. The number of anilines is 1. The summed E-state index contributed by atoms with van der Waals surface area (Å²) >= 11 is 1.10. The number of aromatic nitrogens is 4. The molecule has 0 radical (unpaired) electrons. The van der Waals surface area contributed by atoms with Crippen LogP contribution in [0.15, 0.2) is 15.8 Å². The molecule has 4 rings (SSSR count). The number of thiazole rings is 1. The van der Waals surface area contributed by atoms with Crippen LogP contribution in [0, 0.1) is 18.3 Å². The van der Waals surface area contributed by atoms with Gasteiger partial charge < -0.3 is 20.0 Å². The van der Waals surface area contributed by atoms with Crippen LogP contribution in [0.25, 0.3) is 11.0 Å². The lowest BCUT2D eigenvalue weighted by Gasteiger charge is -2.32. The molecule has 11 heteroatoms. The zero-order valence-corrected chi connectivity index (χ0v) is 15.7. The Morgan fingerprint density at radius 2 is 2.04 bits per heavy atom. The predicted molar refractivity (Wildman–Crippen MR) is 102 cm³/mol. The minimum absolute atomic E-state index is 0.172. The van der Waals surface area contributed by atoms with Crippen molar-refractivity contribution in [1.82, 2.24) is 19.5 Å². The van der Waals surface area contributed by atoms with E-state index in [4.69, 9.17) is 5.11 Å². The highest BCUT2D eigenvalue weighted by Gasteiger charge is 2.26. The molecule has 1 fully saturated rings. The molecule has 0 aliphatic carbocycles. The molecular formula is C17H16N6O4S. The topological polar surface area (TPSA) is 148 Å². The van der Waals surface area contributed by atoms with Gasteiger partial charge in [0.05, 0.1) is 17.3 Å². The minimum Gasteiger partial charge on any atom is -0.477 e. The summed E-state index contributed by atoms with van der Waals surface area (Å²) < 4.78 is 1.21. The highest BCUT2D eigenvalue weighted by Crippen LogP contribution is 2.28. The van der Waals surface area contributed by atoms with Crippen molar-refractivity contribution in [1.29, 1.82) is 5.26 Å². The van der Waals surface area contributed by atoms with Crippen LogP contribution < -0.4 is 16.1 Å². The molecule has 0 atom stereocenters. The van der Waals surface area contributed by atoms with Gasteiger partial charge in [-0.2, -0.15) is 5.26 Å². The first-order valence-corrected chi connectivity index (χ1v) is 9.43. The van der Waals surface area contributed by atoms with Gasteiger partial charge in [0.15, 0.2) is 5.13 Å². The molecule has 0 amide bonds. The zero-order valence-electron chi connectivity index (χ0n) is 14.9. The lowest BCUT2D eigenvalue weighted by Crippen LogP contribution is -2.43. The van der Waals surface area contributed by atoms with Crippen molar-refractivity contribution in [3.05, 3.63) is 43.2 Å². The van der Waals surface area contributed by atoms with Crippen molar-refractivity contribution in [2.45, 2.75) is 25.8 Å². The highest BCUT2D eigenvalue weighted by molar-refractivity contribution is 7.17. The number of aromatic carboxylic acids is 1. The van der Waals surface area contributed by atoms with Gasteiger partial charge in [0.1, 0.15) is 16.5 Å². The quantitative estimate of drug-likeness (QED) is 0.598. The van der Waals surface area contributed by atoms with Gasteiger partial charge in [-0.3, -0.25) is 9.36 Å². The van der Waals surface area contributed by atoms with E-state index in [1.165, 1.54) is 10.8 Å². The number of hydrogen-bond donors (Lipinski definition) is 3. The molecule has 4 heterocycles. The Morgan fingerprint density at radius 3 is 2.64 bits per heavy atom. The number of aromatic amines is 2. The summed E-state index contributed by atoms with van der Waals surface area (Å²) in [5.41, 5.74) is 0.299. The van der Waals surface area contributed by atoms with Crippen molar-refractivity contribution < 1.29 is 9.90 Å². The predicted octanol–water partition coefficient (Wildman–Crippen LogP) is 1.19. The van der Waals surface area contributed by atoms with Gasteiger partial charge in [-0.15, -0.1) is 0 Å². The average molecular weight is 400 g/mol. The molecule has 0 unspecified atom stereocenters. The van der Waals surface area contributed by atoms with E-state index >= 15 is 0 Å². The first kappa shape index (κ1) is 18.0. The molecule has 10 nitrogen and oxygen atoms in total. The third-order valence-corrected chi connectivity index (χ3v) is 6.03. The normalized spacial score (nSPS) is 15.1. The third-order valence-electron chi connectivity index (χ3n) is 4.99. The monoisotopic (exact) mass is 400 g/mol. The number of aryl methyl sites for hydroxylation is 1. The van der Waals surface area contributed by atoms with Gasteiger partial charge in [-0.25, -0.2) is 14.6 Å². The Balaban J connectivity index is 1.62. The van der Waals surface area contributed by atoms with Crippen LogP contribution in [0.2, 0.25) is 0 Å². The van der Waals surface area contributed by atoms with Crippen molar-refractivity contribution in [2.24, 2.45) is 0 Å². The summed E-state index contributed by atoms with van der Waals surface area (Å²) in [6.07, 6.45) is 2.42. The zero-order chi connectivity index (χ0) is 20.0. The highest BCUT2D eigenvalue weighted by atomic mass is 32.1. The van der Waals surface area contributed by atoms with Crippen LogP contribution >= 0.6 is 11.3 Å². The van der Waals surface area contributed by atoms with Crippen LogP contribution in [-0.2, 0) is 0 Å². The molecule has 1 aliphatic heterocycles. The second-order valence-corrected chi connectivity index (χ2v) is 7.63. The molecule has 0 bridgehead atoms. The molecule has 144 valence electrons. The van der Waals surface area contributed by atoms with E-state index in [-0.39, 0.29) is 27.5 Å². The third kappa shape index (κ3) is 2.78. The Hall–Kier alpha value is -3.39. The Labute approximate surface area is 161 Å². The van der Waals surface area contributed by atoms with Crippen LogP contribution in [0.1, 0.15) is 39.8 Å². The first-order chi connectivity index (χ1) is 13.4. The van der Waals surface area contributed by atoms with E-state index in [0.717, 1.165) is 11.3 Å². The van der Waals surface area contributed by atoms with Crippen molar-refractivity contribution in [3.63, 3.8) is 0 Å². The number of rotatable bonds is 3. The van der Waals surface area contributed by atoms with Crippen LogP contribution in [0.4, 0.5) is 5.13 Å². The van der Waals surface area contributed by atoms with Gasteiger partial charge in [-0.1, -0.05) is 11.3 Å². The number of nitrogens with one attached hydrogen (secondary N) is 2. The molecule has 1 aliphatic rings. The van der Waals surface area contributed by atoms with E-state index in [9.17, 15) is 19.6 Å². The van der Waals surface area contributed by atoms with Crippen molar-refractivity contribution >= 4 is 33.5 Å². The van der Waals surface area contributed by atoms with Crippen LogP contribution in [0.5, 0.6) is 0 Å². The lowest BCUT2D eigenvalue weighted by molar-refractivity contribution is 0.0702.